The highest BCUT2D eigenvalue weighted by Gasteiger charge is 2.23. The van der Waals surface area contributed by atoms with Gasteiger partial charge in [0, 0.05) is 22.5 Å². The number of aryl methyl sites for hydroxylation is 3. The number of benzene rings is 2. The van der Waals surface area contributed by atoms with Crippen molar-refractivity contribution in [3.05, 3.63) is 64.6 Å². The number of hydrogen-bond donors (Lipinski definition) is 0. The number of fused-ring (bicyclic) bond motifs is 2. The van der Waals surface area contributed by atoms with Crippen molar-refractivity contribution in [2.75, 3.05) is 0 Å². The molecule has 4 nitrogen and oxygen atoms in total. The van der Waals surface area contributed by atoms with E-state index >= 15 is 0 Å². The fraction of sp³-hybridized carbons (Fsp3) is 0.200. The van der Waals surface area contributed by atoms with Crippen LogP contribution in [0.15, 0.2) is 42.5 Å². The van der Waals surface area contributed by atoms with Gasteiger partial charge in [0.25, 0.3) is 5.91 Å². The first-order valence-electron chi connectivity index (χ1n) is 8.30. The molecule has 0 saturated heterocycles. The Labute approximate surface area is 150 Å². The second-order valence-electron chi connectivity index (χ2n) is 6.17. The smallest absolute Gasteiger partial charge is 0.280 e. The van der Waals surface area contributed by atoms with Gasteiger partial charge in [-0.15, -0.1) is 0 Å². The van der Waals surface area contributed by atoms with E-state index in [9.17, 15) is 4.79 Å². The quantitative estimate of drug-likeness (QED) is 0.511. The van der Waals surface area contributed by atoms with Gasteiger partial charge in [-0.1, -0.05) is 23.7 Å². The highest BCUT2D eigenvalue weighted by Crippen LogP contribution is 2.30. The Hall–Kier alpha value is -2.59. The minimum atomic E-state index is -0.0575. The summed E-state index contributed by atoms with van der Waals surface area (Å²) in [6.07, 6.45) is 0. The van der Waals surface area contributed by atoms with E-state index in [1.165, 1.54) is 0 Å². The molecule has 0 atom stereocenters. The molecule has 0 amide bonds. The average Bonchev–Trinajstić information content (AvgIpc) is 3.08. The number of para-hydroxylation sites is 2. The fourth-order valence-corrected chi connectivity index (χ4v) is 3.78. The Morgan fingerprint density at radius 3 is 2.64 bits per heavy atom. The van der Waals surface area contributed by atoms with E-state index < -0.39 is 0 Å². The van der Waals surface area contributed by atoms with E-state index in [0.717, 1.165) is 27.5 Å². The van der Waals surface area contributed by atoms with Crippen LogP contribution in [0, 0.1) is 13.8 Å². The van der Waals surface area contributed by atoms with Gasteiger partial charge < -0.3 is 4.57 Å². The summed E-state index contributed by atoms with van der Waals surface area (Å²) in [6.45, 7) is 6.59. The summed E-state index contributed by atoms with van der Waals surface area (Å²) < 4.78 is 3.75. The normalized spacial score (nSPS) is 11.5. The molecule has 2 aromatic heterocycles. The first kappa shape index (κ1) is 15.9. The van der Waals surface area contributed by atoms with Crippen LogP contribution in [0.25, 0.3) is 21.9 Å². The molecule has 0 N–H and O–H groups in total. The summed E-state index contributed by atoms with van der Waals surface area (Å²) in [7, 11) is 0. The molecular formula is C20H18ClN3O. The molecule has 4 rings (SSSR count). The van der Waals surface area contributed by atoms with Crippen LogP contribution in [-0.4, -0.2) is 20.0 Å². The van der Waals surface area contributed by atoms with E-state index in [1.54, 1.807) is 4.57 Å². The van der Waals surface area contributed by atoms with Gasteiger partial charge in [0.2, 0.25) is 0 Å². The maximum absolute atomic E-state index is 13.5. The molecule has 2 heterocycles. The first-order valence-corrected chi connectivity index (χ1v) is 8.68. The number of halogens is 1. The fourth-order valence-electron chi connectivity index (χ4n) is 3.61. The van der Waals surface area contributed by atoms with Crippen molar-refractivity contribution in [1.82, 2.24) is 14.1 Å². The van der Waals surface area contributed by atoms with Gasteiger partial charge in [0.1, 0.15) is 11.5 Å². The molecule has 0 aliphatic carbocycles. The van der Waals surface area contributed by atoms with Gasteiger partial charge in [0.05, 0.1) is 11.0 Å². The van der Waals surface area contributed by atoms with Crippen molar-refractivity contribution in [1.29, 1.82) is 0 Å². The summed E-state index contributed by atoms with van der Waals surface area (Å²) in [5, 5.41) is 1.69. The maximum atomic E-state index is 13.5. The van der Waals surface area contributed by atoms with Crippen LogP contribution >= 0.6 is 11.6 Å². The van der Waals surface area contributed by atoms with Crippen LogP contribution in [-0.2, 0) is 6.54 Å². The summed E-state index contributed by atoms with van der Waals surface area (Å²) in [6, 6.07) is 13.5. The van der Waals surface area contributed by atoms with Crippen molar-refractivity contribution in [2.24, 2.45) is 0 Å². The zero-order valence-corrected chi connectivity index (χ0v) is 15.1. The second-order valence-corrected chi connectivity index (χ2v) is 6.60. The Morgan fingerprint density at radius 2 is 1.88 bits per heavy atom. The molecule has 25 heavy (non-hydrogen) atoms. The van der Waals surface area contributed by atoms with Crippen LogP contribution in [0.1, 0.15) is 28.8 Å². The zero-order valence-electron chi connectivity index (χ0n) is 14.4. The molecule has 4 aromatic rings. The highest BCUT2D eigenvalue weighted by molar-refractivity contribution is 6.31. The average molecular weight is 352 g/mol. The number of nitrogens with zero attached hydrogens (tertiary/aromatic N) is 3. The van der Waals surface area contributed by atoms with Crippen LogP contribution in [0.4, 0.5) is 0 Å². The number of imidazole rings is 1. The van der Waals surface area contributed by atoms with E-state index in [4.69, 9.17) is 11.6 Å². The largest absolute Gasteiger partial charge is 0.337 e. The van der Waals surface area contributed by atoms with Crippen molar-refractivity contribution in [3.8, 4) is 0 Å². The van der Waals surface area contributed by atoms with Crippen LogP contribution in [0.2, 0.25) is 5.02 Å². The van der Waals surface area contributed by atoms with Gasteiger partial charge in [-0.2, -0.15) is 0 Å². The molecule has 126 valence electrons. The molecule has 5 heteroatoms. The summed E-state index contributed by atoms with van der Waals surface area (Å²) in [5.41, 5.74) is 4.31. The SMILES string of the molecule is CCn1c(C(=O)n2c(C)nc3ccccc32)c(C)c2cc(Cl)ccc21. The number of carbonyl (C=O) groups is 1. The lowest BCUT2D eigenvalue weighted by Crippen LogP contribution is -2.19. The Balaban J connectivity index is 2.02. The van der Waals surface area contributed by atoms with Crippen molar-refractivity contribution < 1.29 is 4.79 Å². The monoisotopic (exact) mass is 351 g/mol. The van der Waals surface area contributed by atoms with Gasteiger partial charge in [-0.25, -0.2) is 4.98 Å². The number of aromatic nitrogens is 3. The third-order valence-corrected chi connectivity index (χ3v) is 4.96. The second kappa shape index (κ2) is 5.74. The molecule has 0 aliphatic heterocycles. The molecule has 0 fully saturated rings. The lowest BCUT2D eigenvalue weighted by atomic mass is 10.1. The van der Waals surface area contributed by atoms with Crippen LogP contribution in [0.3, 0.4) is 0 Å². The molecule has 0 saturated carbocycles. The molecule has 0 aliphatic rings. The number of carbonyl (C=O) groups excluding carboxylic acids is 1. The van der Waals surface area contributed by atoms with E-state index in [0.29, 0.717) is 23.1 Å². The van der Waals surface area contributed by atoms with Crippen molar-refractivity contribution in [2.45, 2.75) is 27.3 Å². The van der Waals surface area contributed by atoms with Crippen LogP contribution in [0.5, 0.6) is 0 Å². The molecular weight excluding hydrogens is 334 g/mol. The van der Waals surface area contributed by atoms with Crippen molar-refractivity contribution in [3.63, 3.8) is 0 Å². The van der Waals surface area contributed by atoms with Gasteiger partial charge >= 0.3 is 0 Å². The lowest BCUT2D eigenvalue weighted by molar-refractivity contribution is 0.0953. The molecule has 0 bridgehead atoms. The van der Waals surface area contributed by atoms with E-state index in [-0.39, 0.29) is 5.91 Å². The summed E-state index contributed by atoms with van der Waals surface area (Å²) in [5.74, 6) is 0.634. The highest BCUT2D eigenvalue weighted by atomic mass is 35.5. The Kier molecular flexibility index (Phi) is 3.65. The zero-order chi connectivity index (χ0) is 17.7. The molecule has 0 unspecified atom stereocenters. The summed E-state index contributed by atoms with van der Waals surface area (Å²) >= 11 is 6.17. The Bertz CT molecular complexity index is 1140. The lowest BCUT2D eigenvalue weighted by Gasteiger charge is -2.10. The number of hydrogen-bond acceptors (Lipinski definition) is 2. The van der Waals surface area contributed by atoms with Gasteiger partial charge in [0.15, 0.2) is 0 Å². The molecule has 2 aromatic carbocycles. The van der Waals surface area contributed by atoms with Gasteiger partial charge in [-0.3, -0.25) is 9.36 Å². The predicted octanol–water partition coefficient (Wildman–Crippen LogP) is 4.97. The third-order valence-electron chi connectivity index (χ3n) is 4.73. The first-order chi connectivity index (χ1) is 12.0. The topological polar surface area (TPSA) is 39.8 Å². The van der Waals surface area contributed by atoms with E-state index in [2.05, 4.69) is 9.55 Å². The molecule has 0 spiro atoms. The molecule has 0 radical (unpaired) electrons. The Morgan fingerprint density at radius 1 is 1.12 bits per heavy atom. The van der Waals surface area contributed by atoms with E-state index in [1.807, 2.05) is 63.2 Å². The predicted molar refractivity (Wildman–Crippen MR) is 102 cm³/mol. The summed E-state index contributed by atoms with van der Waals surface area (Å²) in [4.78, 5) is 18.0. The maximum Gasteiger partial charge on any atom is 0.280 e. The number of rotatable bonds is 2. The standard InChI is InChI=1S/C20H18ClN3O/c1-4-23-17-10-9-14(21)11-15(17)12(2)19(23)20(25)24-13(3)22-16-7-5-6-8-18(16)24/h5-11H,4H2,1-3H3. The minimum Gasteiger partial charge on any atom is -0.337 e. The van der Waals surface area contributed by atoms with Crippen molar-refractivity contribution >= 4 is 39.4 Å². The third kappa shape index (κ3) is 2.29. The van der Waals surface area contributed by atoms with Gasteiger partial charge in [-0.05, 0) is 56.7 Å². The van der Waals surface area contributed by atoms with Crippen LogP contribution < -0.4 is 0 Å². The minimum absolute atomic E-state index is 0.0575.